The van der Waals surface area contributed by atoms with Gasteiger partial charge in [-0.3, -0.25) is 0 Å². The largest absolute Gasteiger partial charge is 0.505 e. The molecule has 1 heterocycles. The van der Waals surface area contributed by atoms with Gasteiger partial charge in [-0.25, -0.2) is 9.18 Å². The summed E-state index contributed by atoms with van der Waals surface area (Å²) in [4.78, 5) is 17.2. The molecular weight excluding hydrogens is 476 g/mol. The van der Waals surface area contributed by atoms with Crippen LogP contribution in [0.15, 0.2) is 83.0 Å². The van der Waals surface area contributed by atoms with Crippen molar-refractivity contribution in [2.24, 2.45) is 0 Å². The minimum Gasteiger partial charge on any atom is -0.505 e. The first-order valence-corrected chi connectivity index (χ1v) is 11.8. The van der Waals surface area contributed by atoms with E-state index in [1.165, 1.54) is 12.1 Å². The van der Waals surface area contributed by atoms with Crippen molar-refractivity contribution in [1.82, 2.24) is 9.80 Å². The molecule has 2 aromatic rings. The molecule has 1 unspecified atom stereocenters. The summed E-state index contributed by atoms with van der Waals surface area (Å²) in [5.41, 5.74) is 2.09. The number of carbonyl (C=O) groups excluding carboxylic acids is 1. The van der Waals surface area contributed by atoms with E-state index >= 15 is 0 Å². The molecular formula is C26H28Cl2FN3O2. The highest BCUT2D eigenvalue weighted by molar-refractivity contribution is 6.36. The molecule has 1 atom stereocenters. The number of anilines is 1. The Hall–Kier alpha value is -2.96. The normalized spacial score (nSPS) is 17.6. The van der Waals surface area contributed by atoms with Crippen LogP contribution in [-0.4, -0.2) is 46.6 Å². The molecule has 1 aliphatic rings. The molecule has 0 bridgehead atoms. The van der Waals surface area contributed by atoms with Crippen LogP contribution in [0.25, 0.3) is 0 Å². The third kappa shape index (κ3) is 6.33. The number of allylic oxidation sites excluding steroid dienone is 4. The SMILES string of the molecule is C=C/C(Cl)=C(\C(Cl)=C/C)N1CCCN(C(=O)Nc2ccc(F)c(O)c2)C(Cc2ccccc2)C1. The van der Waals surface area contributed by atoms with Crippen molar-refractivity contribution in [3.8, 4) is 5.75 Å². The minimum absolute atomic E-state index is 0.204. The Morgan fingerprint density at radius 1 is 1.24 bits per heavy atom. The number of nitrogens with one attached hydrogen (secondary N) is 1. The van der Waals surface area contributed by atoms with Crippen LogP contribution in [0.3, 0.4) is 0 Å². The molecule has 0 aromatic heterocycles. The fourth-order valence-electron chi connectivity index (χ4n) is 4.03. The van der Waals surface area contributed by atoms with Crippen LogP contribution in [0.2, 0.25) is 0 Å². The molecule has 0 saturated carbocycles. The van der Waals surface area contributed by atoms with E-state index in [1.807, 2.05) is 37.3 Å². The van der Waals surface area contributed by atoms with E-state index in [4.69, 9.17) is 23.2 Å². The Balaban J connectivity index is 1.92. The molecule has 3 rings (SSSR count). The summed E-state index contributed by atoms with van der Waals surface area (Å²) >= 11 is 13.0. The molecule has 2 N–H and O–H groups in total. The van der Waals surface area contributed by atoms with Gasteiger partial charge in [0.1, 0.15) is 0 Å². The third-order valence-corrected chi connectivity index (χ3v) is 6.40. The molecule has 1 fully saturated rings. The molecule has 5 nitrogen and oxygen atoms in total. The molecule has 180 valence electrons. The van der Waals surface area contributed by atoms with Crippen molar-refractivity contribution in [2.75, 3.05) is 25.0 Å². The summed E-state index contributed by atoms with van der Waals surface area (Å²) in [7, 11) is 0. The number of rotatable bonds is 6. The van der Waals surface area contributed by atoms with Crippen LogP contribution in [0.1, 0.15) is 18.9 Å². The van der Waals surface area contributed by atoms with Crippen LogP contribution < -0.4 is 5.32 Å². The number of hydrogen-bond acceptors (Lipinski definition) is 3. The maximum atomic E-state index is 13.4. The van der Waals surface area contributed by atoms with Gasteiger partial charge in [0, 0.05) is 31.4 Å². The molecule has 34 heavy (non-hydrogen) atoms. The van der Waals surface area contributed by atoms with Crippen molar-refractivity contribution < 1.29 is 14.3 Å². The van der Waals surface area contributed by atoms with E-state index in [0.29, 0.717) is 53.9 Å². The number of urea groups is 1. The van der Waals surface area contributed by atoms with Crippen molar-refractivity contribution in [2.45, 2.75) is 25.8 Å². The molecule has 0 radical (unpaired) electrons. The Bertz CT molecular complexity index is 1090. The number of phenolic OH excluding ortho intramolecular Hbond substituents is 1. The average Bonchev–Trinajstić information content (AvgIpc) is 3.04. The number of nitrogens with zero attached hydrogens (tertiary/aromatic N) is 2. The number of hydrogen-bond donors (Lipinski definition) is 2. The molecule has 2 amide bonds. The average molecular weight is 504 g/mol. The first-order chi connectivity index (χ1) is 16.3. The monoisotopic (exact) mass is 503 g/mol. The van der Waals surface area contributed by atoms with Gasteiger partial charge in [0.2, 0.25) is 0 Å². The van der Waals surface area contributed by atoms with Crippen LogP contribution in [0.5, 0.6) is 5.75 Å². The van der Waals surface area contributed by atoms with Gasteiger partial charge in [0.25, 0.3) is 0 Å². The van der Waals surface area contributed by atoms with Crippen molar-refractivity contribution in [1.29, 1.82) is 0 Å². The van der Waals surface area contributed by atoms with E-state index in [9.17, 15) is 14.3 Å². The zero-order valence-corrected chi connectivity index (χ0v) is 20.5. The van der Waals surface area contributed by atoms with E-state index in [-0.39, 0.29) is 12.1 Å². The van der Waals surface area contributed by atoms with E-state index in [1.54, 1.807) is 17.1 Å². The summed E-state index contributed by atoms with van der Waals surface area (Å²) in [5, 5.41) is 13.4. The lowest BCUT2D eigenvalue weighted by Crippen LogP contribution is -2.47. The second-order valence-corrected chi connectivity index (χ2v) is 8.78. The van der Waals surface area contributed by atoms with Crippen LogP contribution >= 0.6 is 23.2 Å². The molecule has 2 aromatic carbocycles. The molecule has 0 spiro atoms. The Morgan fingerprint density at radius 2 is 1.97 bits per heavy atom. The first-order valence-electron chi connectivity index (χ1n) is 11.0. The summed E-state index contributed by atoms with van der Waals surface area (Å²) in [6, 6.07) is 13.1. The highest BCUT2D eigenvalue weighted by Crippen LogP contribution is 2.29. The zero-order valence-electron chi connectivity index (χ0n) is 19.0. The molecule has 1 aliphatic heterocycles. The lowest BCUT2D eigenvalue weighted by Gasteiger charge is -2.34. The van der Waals surface area contributed by atoms with Crippen LogP contribution in [-0.2, 0) is 6.42 Å². The number of aromatic hydroxyl groups is 1. The Morgan fingerprint density at radius 3 is 2.62 bits per heavy atom. The number of carbonyl (C=O) groups is 1. The standard InChI is InChI=1S/C26H28Cl2FN3O2/c1-3-21(27)25(22(28)4-2)31-13-8-14-32(20(17-31)15-18-9-6-5-7-10-18)26(34)30-19-11-12-23(29)24(33)16-19/h3-7,9-12,16,20,33H,1,8,13-15,17H2,2H3,(H,30,34)/b22-4+,25-21-. The van der Waals surface area contributed by atoms with Gasteiger partial charge >= 0.3 is 6.03 Å². The van der Waals surface area contributed by atoms with Gasteiger partial charge < -0.3 is 20.2 Å². The first kappa shape index (κ1) is 25.7. The molecule has 1 saturated heterocycles. The Kier molecular flexibility index (Phi) is 9.02. The van der Waals surface area contributed by atoms with Crippen LogP contribution in [0.4, 0.5) is 14.9 Å². The highest BCUT2D eigenvalue weighted by atomic mass is 35.5. The predicted octanol–water partition coefficient (Wildman–Crippen LogP) is 6.46. The Labute approximate surface area is 209 Å². The van der Waals surface area contributed by atoms with E-state index < -0.39 is 11.6 Å². The van der Waals surface area contributed by atoms with Crippen molar-refractivity contribution >= 4 is 34.9 Å². The smallest absolute Gasteiger partial charge is 0.322 e. The molecule has 0 aliphatic carbocycles. The van der Waals surface area contributed by atoms with E-state index in [2.05, 4.69) is 16.8 Å². The highest BCUT2D eigenvalue weighted by Gasteiger charge is 2.31. The summed E-state index contributed by atoms with van der Waals surface area (Å²) in [5.74, 6) is -1.26. The quantitative estimate of drug-likeness (QED) is 0.444. The molecule has 8 heteroatoms. The zero-order chi connectivity index (χ0) is 24.7. The van der Waals surface area contributed by atoms with Gasteiger partial charge in [-0.15, -0.1) is 0 Å². The number of phenols is 1. The second kappa shape index (κ2) is 12.0. The van der Waals surface area contributed by atoms with Gasteiger partial charge in [-0.2, -0.15) is 0 Å². The maximum Gasteiger partial charge on any atom is 0.322 e. The number of halogens is 3. The minimum atomic E-state index is -0.746. The van der Waals surface area contributed by atoms with Gasteiger partial charge in [-0.1, -0.05) is 66.2 Å². The van der Waals surface area contributed by atoms with Gasteiger partial charge in [0.15, 0.2) is 11.6 Å². The van der Waals surface area contributed by atoms with Crippen molar-refractivity contribution in [3.63, 3.8) is 0 Å². The summed E-state index contributed by atoms with van der Waals surface area (Å²) in [6.07, 6.45) is 4.65. The second-order valence-electron chi connectivity index (χ2n) is 7.97. The van der Waals surface area contributed by atoms with E-state index in [0.717, 1.165) is 11.6 Å². The van der Waals surface area contributed by atoms with Gasteiger partial charge in [-0.05, 0) is 43.5 Å². The van der Waals surface area contributed by atoms with Crippen LogP contribution in [0, 0.1) is 5.82 Å². The lowest BCUT2D eigenvalue weighted by molar-refractivity contribution is 0.185. The fraction of sp³-hybridized carbons (Fsp3) is 0.269. The van der Waals surface area contributed by atoms with Gasteiger partial charge in [0.05, 0.1) is 21.8 Å². The number of benzene rings is 2. The fourth-order valence-corrected chi connectivity index (χ4v) is 4.52. The number of amides is 2. The maximum absolute atomic E-state index is 13.4. The predicted molar refractivity (Wildman–Crippen MR) is 137 cm³/mol. The van der Waals surface area contributed by atoms with Crippen molar-refractivity contribution in [3.05, 3.63) is 94.4 Å². The third-order valence-electron chi connectivity index (χ3n) is 5.67. The topological polar surface area (TPSA) is 55.8 Å². The summed E-state index contributed by atoms with van der Waals surface area (Å²) in [6.45, 7) is 7.27. The summed E-state index contributed by atoms with van der Waals surface area (Å²) < 4.78 is 13.4. The lowest BCUT2D eigenvalue weighted by atomic mass is 10.0.